The van der Waals surface area contributed by atoms with Gasteiger partial charge in [0.25, 0.3) is 5.91 Å². The van der Waals surface area contributed by atoms with E-state index in [-0.39, 0.29) is 5.91 Å². The van der Waals surface area contributed by atoms with Gasteiger partial charge in [-0.2, -0.15) is 0 Å². The van der Waals surface area contributed by atoms with Crippen LogP contribution in [0, 0.1) is 6.92 Å². The highest BCUT2D eigenvalue weighted by Gasteiger charge is 2.16. The molecule has 1 rings (SSSR count). The zero-order valence-electron chi connectivity index (χ0n) is 12.2. The van der Waals surface area contributed by atoms with Crippen LogP contribution in [0.25, 0.3) is 0 Å². The number of likely N-dealkylation sites (N-methyl/N-ethyl adjacent to an activating group) is 1. The van der Waals surface area contributed by atoms with E-state index in [1.54, 1.807) is 18.1 Å². The largest absolute Gasteiger partial charge is 0.385 e. The maximum atomic E-state index is 12.3. The summed E-state index contributed by atoms with van der Waals surface area (Å²) in [4.78, 5) is 18.2. The summed E-state index contributed by atoms with van der Waals surface area (Å²) >= 11 is 0. The van der Waals surface area contributed by atoms with Gasteiger partial charge in [-0.1, -0.05) is 0 Å². The molecule has 0 radical (unpaired) electrons. The summed E-state index contributed by atoms with van der Waals surface area (Å²) in [5.74, 6) is -0.0387. The van der Waals surface area contributed by atoms with E-state index in [9.17, 15) is 4.79 Å². The summed E-state index contributed by atoms with van der Waals surface area (Å²) in [6.07, 6.45) is 1.63. The van der Waals surface area contributed by atoms with Crippen molar-refractivity contribution in [3.8, 4) is 0 Å². The van der Waals surface area contributed by atoms with E-state index in [0.29, 0.717) is 25.3 Å². The second-order valence-corrected chi connectivity index (χ2v) is 4.33. The molecule has 0 aliphatic heterocycles. The summed E-state index contributed by atoms with van der Waals surface area (Å²) in [5.41, 5.74) is 2.33. The smallest absolute Gasteiger partial charge is 0.257 e. The molecule has 5 heteroatoms. The maximum Gasteiger partial charge on any atom is 0.257 e. The van der Waals surface area contributed by atoms with E-state index in [1.807, 2.05) is 26.8 Å². The van der Waals surface area contributed by atoms with E-state index in [1.165, 1.54) is 0 Å². The minimum atomic E-state index is -0.0387. The molecule has 106 valence electrons. The van der Waals surface area contributed by atoms with E-state index in [2.05, 4.69) is 10.3 Å². The van der Waals surface area contributed by atoms with Crippen molar-refractivity contribution < 1.29 is 9.53 Å². The minimum absolute atomic E-state index is 0.0387. The molecule has 0 unspecified atom stereocenters. The summed E-state index contributed by atoms with van der Waals surface area (Å²) in [6.45, 7) is 8.41. The Morgan fingerprint density at radius 2 is 2.21 bits per heavy atom. The van der Waals surface area contributed by atoms with Crippen molar-refractivity contribution in [1.29, 1.82) is 0 Å². The quantitative estimate of drug-likeness (QED) is 0.765. The third kappa shape index (κ3) is 4.52. The second-order valence-electron chi connectivity index (χ2n) is 4.33. The van der Waals surface area contributed by atoms with E-state index < -0.39 is 0 Å². The number of carbonyl (C=O) groups excluding carboxylic acids is 1. The van der Waals surface area contributed by atoms with Gasteiger partial charge in [-0.3, -0.25) is 9.78 Å². The van der Waals surface area contributed by atoms with Gasteiger partial charge in [0.05, 0.1) is 17.9 Å². The number of carbonyl (C=O) groups is 1. The molecule has 1 N–H and O–H groups in total. The lowest BCUT2D eigenvalue weighted by Gasteiger charge is -2.19. The maximum absolute atomic E-state index is 12.3. The molecule has 0 saturated heterocycles. The Balaban J connectivity index is 2.80. The van der Waals surface area contributed by atoms with Crippen molar-refractivity contribution in [3.63, 3.8) is 0 Å². The highest BCUT2D eigenvalue weighted by molar-refractivity contribution is 5.99. The van der Waals surface area contributed by atoms with Crippen LogP contribution in [0.1, 0.15) is 29.9 Å². The number of amides is 1. The fourth-order valence-corrected chi connectivity index (χ4v) is 1.72. The van der Waals surface area contributed by atoms with Gasteiger partial charge in [-0.25, -0.2) is 0 Å². The third-order valence-electron chi connectivity index (χ3n) is 2.76. The van der Waals surface area contributed by atoms with Crippen LogP contribution < -0.4 is 5.32 Å². The van der Waals surface area contributed by atoms with Crippen molar-refractivity contribution in [2.45, 2.75) is 20.8 Å². The van der Waals surface area contributed by atoms with E-state index >= 15 is 0 Å². The number of ether oxygens (including phenoxy) is 1. The molecule has 1 heterocycles. The normalized spacial score (nSPS) is 10.3. The van der Waals surface area contributed by atoms with Gasteiger partial charge in [-0.15, -0.1) is 0 Å². The lowest BCUT2D eigenvalue weighted by Crippen LogP contribution is -2.31. The molecule has 5 nitrogen and oxygen atoms in total. The average Bonchev–Trinajstić information content (AvgIpc) is 2.39. The molecule has 0 spiro atoms. The van der Waals surface area contributed by atoms with Gasteiger partial charge in [-0.05, 0) is 26.8 Å². The van der Waals surface area contributed by atoms with Crippen molar-refractivity contribution in [2.24, 2.45) is 0 Å². The lowest BCUT2D eigenvalue weighted by molar-refractivity contribution is 0.0710. The van der Waals surface area contributed by atoms with Crippen molar-refractivity contribution >= 4 is 11.6 Å². The van der Waals surface area contributed by atoms with Gasteiger partial charge in [0, 0.05) is 38.6 Å². The van der Waals surface area contributed by atoms with Crippen LogP contribution >= 0.6 is 0 Å². The van der Waals surface area contributed by atoms with Crippen LogP contribution in [0.2, 0.25) is 0 Å². The molecule has 0 aliphatic carbocycles. The first-order valence-corrected chi connectivity index (χ1v) is 6.63. The molecule has 19 heavy (non-hydrogen) atoms. The number of nitrogens with one attached hydrogen (secondary N) is 1. The Kier molecular flexibility index (Phi) is 6.29. The summed E-state index contributed by atoms with van der Waals surface area (Å²) in [5, 5.41) is 3.20. The monoisotopic (exact) mass is 265 g/mol. The predicted molar refractivity (Wildman–Crippen MR) is 76.6 cm³/mol. The van der Waals surface area contributed by atoms with Crippen LogP contribution in [0.5, 0.6) is 0 Å². The highest BCUT2D eigenvalue weighted by Crippen LogP contribution is 2.17. The van der Waals surface area contributed by atoms with Gasteiger partial charge < -0.3 is 15.0 Å². The van der Waals surface area contributed by atoms with Gasteiger partial charge in [0.15, 0.2) is 0 Å². The molecule has 0 bridgehead atoms. The molecule has 0 saturated carbocycles. The Morgan fingerprint density at radius 3 is 2.84 bits per heavy atom. The molecular weight excluding hydrogens is 242 g/mol. The zero-order valence-corrected chi connectivity index (χ0v) is 12.2. The fourth-order valence-electron chi connectivity index (χ4n) is 1.72. The first-order valence-electron chi connectivity index (χ1n) is 6.63. The second kappa shape index (κ2) is 7.74. The van der Waals surface area contributed by atoms with Gasteiger partial charge >= 0.3 is 0 Å². The Morgan fingerprint density at radius 1 is 1.47 bits per heavy atom. The number of anilines is 1. The molecule has 0 aliphatic rings. The van der Waals surface area contributed by atoms with Gasteiger partial charge in [0.2, 0.25) is 0 Å². The lowest BCUT2D eigenvalue weighted by atomic mass is 10.2. The van der Waals surface area contributed by atoms with Crippen molar-refractivity contribution in [3.05, 3.63) is 23.5 Å². The summed E-state index contributed by atoms with van der Waals surface area (Å²) in [6, 6.07) is 1.90. The molecular formula is C14H23N3O2. The summed E-state index contributed by atoms with van der Waals surface area (Å²) in [7, 11) is 1.77. The molecule has 1 amide bonds. The number of pyridine rings is 1. The number of hydrogen-bond donors (Lipinski definition) is 1. The third-order valence-corrected chi connectivity index (χ3v) is 2.76. The number of nitrogens with zero attached hydrogens (tertiary/aromatic N) is 2. The molecule has 1 aromatic rings. The topological polar surface area (TPSA) is 54.5 Å². The fraction of sp³-hybridized carbons (Fsp3) is 0.571. The van der Waals surface area contributed by atoms with Crippen LogP contribution in [0.4, 0.5) is 5.69 Å². The molecule has 0 aromatic carbocycles. The zero-order chi connectivity index (χ0) is 14.3. The SMILES string of the molecule is CCNc1cc(C)ncc1C(=O)N(C)CCOCC. The number of aryl methyl sites for hydroxylation is 1. The summed E-state index contributed by atoms with van der Waals surface area (Å²) < 4.78 is 5.26. The Labute approximate surface area is 115 Å². The highest BCUT2D eigenvalue weighted by atomic mass is 16.5. The number of hydrogen-bond acceptors (Lipinski definition) is 4. The van der Waals surface area contributed by atoms with Gasteiger partial charge in [0.1, 0.15) is 0 Å². The standard InChI is InChI=1S/C14H23N3O2/c1-5-15-13-9-11(3)16-10-12(13)14(18)17(4)7-8-19-6-2/h9-10H,5-8H2,1-4H3,(H,15,16). The molecule has 0 fully saturated rings. The molecule has 1 aromatic heterocycles. The van der Waals surface area contributed by atoms with E-state index in [0.717, 1.165) is 17.9 Å². The first-order chi connectivity index (χ1) is 9.10. The van der Waals surface area contributed by atoms with Crippen LogP contribution in [0.15, 0.2) is 12.3 Å². The predicted octanol–water partition coefficient (Wildman–Crippen LogP) is 1.93. The average molecular weight is 265 g/mol. The first kappa shape index (κ1) is 15.4. The van der Waals surface area contributed by atoms with Crippen LogP contribution in [-0.4, -0.2) is 49.1 Å². The number of aromatic nitrogens is 1. The van der Waals surface area contributed by atoms with E-state index in [4.69, 9.17) is 4.74 Å². The van der Waals surface area contributed by atoms with Crippen LogP contribution in [0.3, 0.4) is 0 Å². The van der Waals surface area contributed by atoms with Crippen molar-refractivity contribution in [2.75, 3.05) is 38.7 Å². The molecule has 0 atom stereocenters. The minimum Gasteiger partial charge on any atom is -0.385 e. The van der Waals surface area contributed by atoms with Crippen LogP contribution in [-0.2, 0) is 4.74 Å². The number of rotatable bonds is 7. The van der Waals surface area contributed by atoms with Crippen molar-refractivity contribution in [1.82, 2.24) is 9.88 Å². The Bertz CT molecular complexity index is 421. The Hall–Kier alpha value is -1.62.